The second-order valence-electron chi connectivity index (χ2n) is 5.99. The summed E-state index contributed by atoms with van der Waals surface area (Å²) in [6.07, 6.45) is -0.653. The number of ketones is 1. The van der Waals surface area contributed by atoms with Crippen LogP contribution in [-0.2, 0) is 14.3 Å². The molecule has 7 nitrogen and oxygen atoms in total. The van der Waals surface area contributed by atoms with Crippen molar-refractivity contribution in [1.82, 2.24) is 5.32 Å². The lowest BCUT2D eigenvalue weighted by Crippen LogP contribution is -2.33. The maximum atomic E-state index is 11.9. The summed E-state index contributed by atoms with van der Waals surface area (Å²) in [5.74, 6) is -0.254. The molecule has 24 heavy (non-hydrogen) atoms. The van der Waals surface area contributed by atoms with Gasteiger partial charge in [-0.25, -0.2) is 4.79 Å². The number of benzene rings is 1. The van der Waals surface area contributed by atoms with Crippen molar-refractivity contribution >= 4 is 17.8 Å². The summed E-state index contributed by atoms with van der Waals surface area (Å²) >= 11 is 0. The van der Waals surface area contributed by atoms with Crippen molar-refractivity contribution in [3.05, 3.63) is 29.8 Å². The van der Waals surface area contributed by atoms with Crippen LogP contribution in [0.1, 0.15) is 37.6 Å². The van der Waals surface area contributed by atoms with Crippen molar-refractivity contribution in [2.45, 2.75) is 32.8 Å². The minimum absolute atomic E-state index is 0.0465. The van der Waals surface area contributed by atoms with E-state index in [9.17, 15) is 14.4 Å². The number of hydrogen-bond acceptors (Lipinski definition) is 6. The van der Waals surface area contributed by atoms with Gasteiger partial charge in [0.15, 0.2) is 12.4 Å². The number of rotatable bonds is 7. The summed E-state index contributed by atoms with van der Waals surface area (Å²) in [7, 11) is 1.53. The minimum atomic E-state index is -0.607. The lowest BCUT2D eigenvalue weighted by atomic mass is 10.1. The third-order valence-electron chi connectivity index (χ3n) is 2.77. The van der Waals surface area contributed by atoms with E-state index in [0.717, 1.165) is 0 Å². The van der Waals surface area contributed by atoms with Crippen LogP contribution in [0.3, 0.4) is 0 Å². The van der Waals surface area contributed by atoms with Gasteiger partial charge in [0.05, 0.1) is 13.5 Å². The fourth-order valence-electron chi connectivity index (χ4n) is 1.66. The topological polar surface area (TPSA) is 90.9 Å². The molecule has 0 aliphatic rings. The summed E-state index contributed by atoms with van der Waals surface area (Å²) in [5, 5.41) is 2.44. The highest BCUT2D eigenvalue weighted by atomic mass is 16.6. The van der Waals surface area contributed by atoms with Crippen molar-refractivity contribution in [2.75, 3.05) is 20.3 Å². The fourth-order valence-corrected chi connectivity index (χ4v) is 1.66. The largest absolute Gasteiger partial charge is 0.497 e. The van der Waals surface area contributed by atoms with E-state index in [1.807, 2.05) is 0 Å². The molecule has 0 aliphatic heterocycles. The molecule has 0 heterocycles. The average molecular weight is 337 g/mol. The number of amides is 1. The highest BCUT2D eigenvalue weighted by Crippen LogP contribution is 2.12. The first-order valence-electron chi connectivity index (χ1n) is 7.51. The Bertz CT molecular complexity index is 574. The van der Waals surface area contributed by atoms with Gasteiger partial charge in [0.25, 0.3) is 0 Å². The lowest BCUT2D eigenvalue weighted by molar-refractivity contribution is -0.142. The van der Waals surface area contributed by atoms with Crippen LogP contribution in [-0.4, -0.2) is 43.7 Å². The third kappa shape index (κ3) is 7.62. The van der Waals surface area contributed by atoms with Gasteiger partial charge in [-0.05, 0) is 45.0 Å². The number of carbonyl (C=O) groups is 3. The van der Waals surface area contributed by atoms with Crippen LogP contribution in [0, 0.1) is 0 Å². The molecular weight excluding hydrogens is 314 g/mol. The number of Topliss-reactive ketones (excluding diaryl/α,β-unsaturated/α-hetero) is 1. The first-order valence-corrected chi connectivity index (χ1v) is 7.51. The van der Waals surface area contributed by atoms with E-state index in [0.29, 0.717) is 11.3 Å². The summed E-state index contributed by atoms with van der Waals surface area (Å²) in [4.78, 5) is 34.8. The third-order valence-corrected chi connectivity index (χ3v) is 2.77. The summed E-state index contributed by atoms with van der Waals surface area (Å²) in [6, 6.07) is 6.50. The molecule has 0 fully saturated rings. The fraction of sp³-hybridized carbons (Fsp3) is 0.471. The van der Waals surface area contributed by atoms with Crippen molar-refractivity contribution in [3.8, 4) is 5.75 Å². The van der Waals surface area contributed by atoms with Crippen molar-refractivity contribution in [3.63, 3.8) is 0 Å². The van der Waals surface area contributed by atoms with Gasteiger partial charge >= 0.3 is 12.1 Å². The van der Waals surface area contributed by atoms with Crippen LogP contribution in [0.2, 0.25) is 0 Å². The molecule has 0 saturated carbocycles. The smallest absolute Gasteiger partial charge is 0.407 e. The summed E-state index contributed by atoms with van der Waals surface area (Å²) in [6.45, 7) is 4.95. The zero-order valence-electron chi connectivity index (χ0n) is 14.4. The van der Waals surface area contributed by atoms with Gasteiger partial charge in [0.2, 0.25) is 0 Å². The molecule has 0 spiro atoms. The number of nitrogens with one attached hydrogen (secondary N) is 1. The average Bonchev–Trinajstić information content (AvgIpc) is 2.51. The molecule has 0 aliphatic carbocycles. The Labute approximate surface area is 141 Å². The Hall–Kier alpha value is -2.57. The van der Waals surface area contributed by atoms with Crippen molar-refractivity contribution < 1.29 is 28.6 Å². The number of methoxy groups -OCH3 is 1. The molecule has 0 atom stereocenters. The Morgan fingerprint density at radius 2 is 1.71 bits per heavy atom. The predicted octanol–water partition coefficient (Wildman–Crippen LogP) is 2.34. The Morgan fingerprint density at radius 1 is 1.08 bits per heavy atom. The van der Waals surface area contributed by atoms with Gasteiger partial charge in [-0.1, -0.05) is 0 Å². The Kier molecular flexibility index (Phi) is 7.23. The van der Waals surface area contributed by atoms with Crippen LogP contribution in [0.25, 0.3) is 0 Å². The second-order valence-corrected chi connectivity index (χ2v) is 5.99. The molecule has 132 valence electrons. The normalized spacial score (nSPS) is 10.7. The molecule has 1 N–H and O–H groups in total. The zero-order chi connectivity index (χ0) is 18.2. The van der Waals surface area contributed by atoms with E-state index < -0.39 is 17.7 Å². The SMILES string of the molecule is COc1ccc(C(=O)COC(=O)CCNC(=O)OC(C)(C)C)cc1. The molecule has 7 heteroatoms. The molecule has 1 rings (SSSR count). The van der Waals surface area contributed by atoms with Gasteiger partial charge in [-0.3, -0.25) is 9.59 Å². The monoisotopic (exact) mass is 337 g/mol. The molecular formula is C17H23NO6. The number of esters is 1. The number of alkyl carbamates (subject to hydrolysis) is 1. The van der Waals surface area contributed by atoms with E-state index >= 15 is 0 Å². The lowest BCUT2D eigenvalue weighted by Gasteiger charge is -2.19. The Morgan fingerprint density at radius 3 is 2.25 bits per heavy atom. The zero-order valence-corrected chi connectivity index (χ0v) is 14.4. The first-order chi connectivity index (χ1) is 11.2. The Balaban J connectivity index is 2.28. The predicted molar refractivity (Wildman–Crippen MR) is 87.1 cm³/mol. The van der Waals surface area contributed by atoms with Gasteiger partial charge in [0, 0.05) is 12.1 Å². The molecule has 1 aromatic rings. The maximum absolute atomic E-state index is 11.9. The van der Waals surface area contributed by atoms with Crippen molar-refractivity contribution in [2.24, 2.45) is 0 Å². The van der Waals surface area contributed by atoms with Gasteiger partial charge < -0.3 is 19.5 Å². The van der Waals surface area contributed by atoms with E-state index in [1.165, 1.54) is 7.11 Å². The molecule has 0 saturated heterocycles. The molecule has 0 unspecified atom stereocenters. The first kappa shape index (κ1) is 19.5. The van der Waals surface area contributed by atoms with Gasteiger partial charge in [0.1, 0.15) is 11.4 Å². The maximum Gasteiger partial charge on any atom is 0.407 e. The van der Waals surface area contributed by atoms with Crippen LogP contribution in [0.4, 0.5) is 4.79 Å². The van der Waals surface area contributed by atoms with Crippen molar-refractivity contribution in [1.29, 1.82) is 0 Å². The number of hydrogen-bond donors (Lipinski definition) is 1. The van der Waals surface area contributed by atoms with Crippen LogP contribution < -0.4 is 10.1 Å². The van der Waals surface area contributed by atoms with Crippen LogP contribution >= 0.6 is 0 Å². The molecule has 0 aromatic heterocycles. The van der Waals surface area contributed by atoms with Crippen LogP contribution in [0.5, 0.6) is 5.75 Å². The second kappa shape index (κ2) is 8.90. The highest BCUT2D eigenvalue weighted by molar-refractivity contribution is 5.98. The number of carbonyl (C=O) groups excluding carboxylic acids is 3. The molecule has 0 bridgehead atoms. The number of ether oxygens (including phenoxy) is 3. The molecule has 1 aromatic carbocycles. The minimum Gasteiger partial charge on any atom is -0.497 e. The van der Waals surface area contributed by atoms with E-state index in [2.05, 4.69) is 5.32 Å². The van der Waals surface area contributed by atoms with E-state index in [1.54, 1.807) is 45.0 Å². The molecule has 0 radical (unpaired) electrons. The van der Waals surface area contributed by atoms with E-state index in [4.69, 9.17) is 14.2 Å². The summed E-state index contributed by atoms with van der Waals surface area (Å²) < 4.78 is 14.9. The van der Waals surface area contributed by atoms with Crippen LogP contribution in [0.15, 0.2) is 24.3 Å². The highest BCUT2D eigenvalue weighted by Gasteiger charge is 2.16. The van der Waals surface area contributed by atoms with Gasteiger partial charge in [-0.2, -0.15) is 0 Å². The standard InChI is InChI=1S/C17H23NO6/c1-17(2,3)24-16(21)18-10-9-15(20)23-11-14(19)12-5-7-13(22-4)8-6-12/h5-8H,9-11H2,1-4H3,(H,18,21). The van der Waals surface area contributed by atoms with E-state index in [-0.39, 0.29) is 25.4 Å². The van der Waals surface area contributed by atoms with Gasteiger partial charge in [-0.15, -0.1) is 0 Å². The quantitative estimate of drug-likeness (QED) is 0.606. The molecule has 1 amide bonds. The summed E-state index contributed by atoms with van der Waals surface area (Å²) in [5.41, 5.74) is -0.175.